The molecule has 0 saturated heterocycles. The summed E-state index contributed by atoms with van der Waals surface area (Å²) in [5.41, 5.74) is 4.38. The molecular weight excluding hydrogens is 190 g/mol. The molecule has 0 radical (unpaired) electrons. The van der Waals surface area contributed by atoms with E-state index in [9.17, 15) is 0 Å². The van der Waals surface area contributed by atoms with E-state index in [4.69, 9.17) is 5.84 Å². The molecule has 5 nitrogen and oxygen atoms in total. The predicted molar refractivity (Wildman–Crippen MR) is 59.2 cm³/mol. The molecule has 3 aromatic rings. The predicted octanol–water partition coefficient (Wildman–Crippen LogP) is 1.40. The van der Waals surface area contributed by atoms with Gasteiger partial charge in [-0.3, -0.25) is 10.1 Å². The van der Waals surface area contributed by atoms with Crippen LogP contribution in [0, 0.1) is 0 Å². The first-order valence-corrected chi connectivity index (χ1v) is 4.58. The van der Waals surface area contributed by atoms with Crippen LogP contribution in [0.15, 0.2) is 30.5 Å². The number of H-pyrrole nitrogens is 1. The quantitative estimate of drug-likeness (QED) is 0.409. The topological polar surface area (TPSA) is 79.6 Å². The maximum atomic E-state index is 5.40. The van der Waals surface area contributed by atoms with E-state index >= 15 is 0 Å². The number of anilines is 1. The molecule has 0 atom stereocenters. The number of rotatable bonds is 1. The number of hydrogen-bond donors (Lipinski definition) is 3. The van der Waals surface area contributed by atoms with Gasteiger partial charge in [-0.1, -0.05) is 18.2 Å². The van der Waals surface area contributed by atoms with Gasteiger partial charge in [-0.2, -0.15) is 5.10 Å². The van der Waals surface area contributed by atoms with E-state index in [1.165, 1.54) is 0 Å². The Bertz CT molecular complexity index is 628. The third-order valence-electron chi connectivity index (χ3n) is 2.44. The maximum absolute atomic E-state index is 5.40. The lowest BCUT2D eigenvalue weighted by atomic mass is 10.1. The van der Waals surface area contributed by atoms with Crippen LogP contribution in [0.25, 0.3) is 21.8 Å². The van der Waals surface area contributed by atoms with E-state index in [0.717, 1.165) is 21.8 Å². The van der Waals surface area contributed by atoms with Crippen molar-refractivity contribution in [3.63, 3.8) is 0 Å². The highest BCUT2D eigenvalue weighted by molar-refractivity contribution is 6.09. The first-order valence-electron chi connectivity index (χ1n) is 4.58. The smallest absolute Gasteiger partial charge is 0.170 e. The number of aromatic amines is 1. The SMILES string of the molecule is NNc1n[nH]c2cnc3ccccc3c12. The van der Waals surface area contributed by atoms with Gasteiger partial charge in [-0.05, 0) is 6.07 Å². The molecular formula is C10H9N5. The summed E-state index contributed by atoms with van der Waals surface area (Å²) in [4.78, 5) is 4.32. The molecule has 2 heterocycles. The van der Waals surface area contributed by atoms with Crippen LogP contribution in [0.5, 0.6) is 0 Å². The van der Waals surface area contributed by atoms with E-state index in [1.807, 2.05) is 24.3 Å². The van der Waals surface area contributed by atoms with Crippen LogP contribution in [-0.2, 0) is 0 Å². The lowest BCUT2D eigenvalue weighted by Crippen LogP contribution is -2.07. The zero-order valence-corrected chi connectivity index (χ0v) is 7.86. The summed E-state index contributed by atoms with van der Waals surface area (Å²) in [5, 5.41) is 8.95. The lowest BCUT2D eigenvalue weighted by Gasteiger charge is -1.99. The number of hydrazine groups is 1. The van der Waals surface area contributed by atoms with Crippen LogP contribution in [0.3, 0.4) is 0 Å². The molecule has 1 aromatic carbocycles. The van der Waals surface area contributed by atoms with Gasteiger partial charge in [0.05, 0.1) is 22.6 Å². The van der Waals surface area contributed by atoms with E-state index in [-0.39, 0.29) is 0 Å². The van der Waals surface area contributed by atoms with Crippen molar-refractivity contribution in [2.24, 2.45) is 5.84 Å². The monoisotopic (exact) mass is 199 g/mol. The van der Waals surface area contributed by atoms with Crippen LogP contribution in [0.4, 0.5) is 5.82 Å². The second-order valence-electron chi connectivity index (χ2n) is 3.28. The molecule has 3 rings (SSSR count). The molecule has 0 spiro atoms. The van der Waals surface area contributed by atoms with E-state index < -0.39 is 0 Å². The van der Waals surface area contributed by atoms with Crippen molar-refractivity contribution in [3.05, 3.63) is 30.5 Å². The zero-order valence-electron chi connectivity index (χ0n) is 7.86. The molecule has 0 aliphatic heterocycles. The van der Waals surface area contributed by atoms with E-state index in [0.29, 0.717) is 5.82 Å². The molecule has 0 bridgehead atoms. The summed E-state index contributed by atoms with van der Waals surface area (Å²) < 4.78 is 0. The Labute approximate surface area is 85.3 Å². The lowest BCUT2D eigenvalue weighted by molar-refractivity contribution is 1.10. The van der Waals surface area contributed by atoms with Gasteiger partial charge < -0.3 is 5.43 Å². The molecule has 0 saturated carbocycles. The maximum Gasteiger partial charge on any atom is 0.170 e. The minimum absolute atomic E-state index is 0.642. The number of benzene rings is 1. The molecule has 0 unspecified atom stereocenters. The Balaban J connectivity index is 2.56. The van der Waals surface area contributed by atoms with Crippen LogP contribution in [0.1, 0.15) is 0 Å². The second-order valence-corrected chi connectivity index (χ2v) is 3.28. The van der Waals surface area contributed by atoms with Gasteiger partial charge >= 0.3 is 0 Å². The van der Waals surface area contributed by atoms with Crippen molar-refractivity contribution in [2.45, 2.75) is 0 Å². The van der Waals surface area contributed by atoms with Crippen molar-refractivity contribution in [1.29, 1.82) is 0 Å². The summed E-state index contributed by atoms with van der Waals surface area (Å²) >= 11 is 0. The first-order chi connectivity index (χ1) is 7.40. The van der Waals surface area contributed by atoms with Gasteiger partial charge in [0, 0.05) is 5.39 Å². The fraction of sp³-hybridized carbons (Fsp3) is 0. The minimum Gasteiger partial charge on any atom is -0.306 e. The van der Waals surface area contributed by atoms with Crippen LogP contribution >= 0.6 is 0 Å². The Kier molecular flexibility index (Phi) is 1.60. The second kappa shape index (κ2) is 2.93. The van der Waals surface area contributed by atoms with E-state index in [1.54, 1.807) is 6.20 Å². The number of aromatic nitrogens is 3. The molecule has 2 aromatic heterocycles. The molecule has 0 aliphatic carbocycles. The highest BCUT2D eigenvalue weighted by Gasteiger charge is 2.08. The van der Waals surface area contributed by atoms with Crippen LogP contribution in [0.2, 0.25) is 0 Å². The highest BCUT2D eigenvalue weighted by atomic mass is 15.3. The number of nitrogens with one attached hydrogen (secondary N) is 2. The minimum atomic E-state index is 0.642. The average Bonchev–Trinajstić information content (AvgIpc) is 2.72. The van der Waals surface area contributed by atoms with Gasteiger partial charge in [0.15, 0.2) is 5.82 Å². The van der Waals surface area contributed by atoms with Crippen molar-refractivity contribution in [3.8, 4) is 0 Å². The standard InChI is InChI=1S/C10H9N5/c11-13-10-9-6-3-1-2-4-7(6)12-5-8(9)14-15-10/h1-5H,11H2,(H2,13,14,15). The van der Waals surface area contributed by atoms with Crippen molar-refractivity contribution in [1.82, 2.24) is 15.2 Å². The summed E-state index contributed by atoms with van der Waals surface area (Å²) in [6.45, 7) is 0. The normalized spacial score (nSPS) is 11.0. The van der Waals surface area contributed by atoms with Crippen molar-refractivity contribution >= 4 is 27.6 Å². The third-order valence-corrected chi connectivity index (χ3v) is 2.44. The average molecular weight is 199 g/mol. The Hall–Kier alpha value is -2.14. The molecule has 0 fully saturated rings. The number of nitrogen functional groups attached to an aromatic ring is 1. The van der Waals surface area contributed by atoms with Gasteiger partial charge in [0.25, 0.3) is 0 Å². The van der Waals surface area contributed by atoms with Crippen LogP contribution < -0.4 is 11.3 Å². The summed E-state index contributed by atoms with van der Waals surface area (Å²) in [6, 6.07) is 7.89. The van der Waals surface area contributed by atoms with Gasteiger partial charge in [-0.25, -0.2) is 5.84 Å². The number of para-hydroxylation sites is 1. The molecule has 74 valence electrons. The largest absolute Gasteiger partial charge is 0.306 e. The zero-order chi connectivity index (χ0) is 10.3. The Morgan fingerprint density at radius 1 is 1.27 bits per heavy atom. The first kappa shape index (κ1) is 8.19. The molecule has 5 heteroatoms. The Morgan fingerprint density at radius 2 is 2.13 bits per heavy atom. The number of nitrogens with two attached hydrogens (primary N) is 1. The molecule has 15 heavy (non-hydrogen) atoms. The number of nitrogens with zero attached hydrogens (tertiary/aromatic N) is 2. The fourth-order valence-electron chi connectivity index (χ4n) is 1.76. The number of pyridine rings is 1. The number of hydrogen-bond acceptors (Lipinski definition) is 4. The van der Waals surface area contributed by atoms with Gasteiger partial charge in [-0.15, -0.1) is 0 Å². The fourth-order valence-corrected chi connectivity index (χ4v) is 1.76. The number of fused-ring (bicyclic) bond motifs is 3. The third kappa shape index (κ3) is 1.07. The van der Waals surface area contributed by atoms with Crippen LogP contribution in [-0.4, -0.2) is 15.2 Å². The summed E-state index contributed by atoms with van der Waals surface area (Å²) in [5.74, 6) is 6.04. The van der Waals surface area contributed by atoms with Gasteiger partial charge in [0.1, 0.15) is 0 Å². The van der Waals surface area contributed by atoms with Crippen molar-refractivity contribution in [2.75, 3.05) is 5.43 Å². The Morgan fingerprint density at radius 3 is 3.00 bits per heavy atom. The van der Waals surface area contributed by atoms with E-state index in [2.05, 4.69) is 20.6 Å². The molecule has 0 aliphatic rings. The highest BCUT2D eigenvalue weighted by Crippen LogP contribution is 2.26. The van der Waals surface area contributed by atoms with Crippen molar-refractivity contribution < 1.29 is 0 Å². The molecule has 4 N–H and O–H groups in total. The molecule has 0 amide bonds. The summed E-state index contributed by atoms with van der Waals surface area (Å²) in [7, 11) is 0. The van der Waals surface area contributed by atoms with Gasteiger partial charge in [0.2, 0.25) is 0 Å². The summed E-state index contributed by atoms with van der Waals surface area (Å²) in [6.07, 6.45) is 1.76.